The Morgan fingerprint density at radius 3 is 2.80 bits per heavy atom. The van der Waals surface area contributed by atoms with Crippen molar-refractivity contribution in [3.05, 3.63) is 47.5 Å². The third-order valence-corrected chi connectivity index (χ3v) is 2.69. The van der Waals surface area contributed by atoms with E-state index in [1.165, 1.54) is 6.07 Å². The predicted molar refractivity (Wildman–Crippen MR) is 76.3 cm³/mol. The smallest absolute Gasteiger partial charge is 0.218 e. The summed E-state index contributed by atoms with van der Waals surface area (Å²) in [4.78, 5) is 8.46. The molecule has 0 atom stereocenters. The van der Waals surface area contributed by atoms with Gasteiger partial charge in [-0.25, -0.2) is 9.37 Å². The van der Waals surface area contributed by atoms with E-state index >= 15 is 0 Å². The van der Waals surface area contributed by atoms with Crippen molar-refractivity contribution in [1.82, 2.24) is 9.97 Å². The summed E-state index contributed by atoms with van der Waals surface area (Å²) in [6.45, 7) is 4.82. The molecule has 2 rings (SSSR count). The van der Waals surface area contributed by atoms with Crippen molar-refractivity contribution >= 4 is 5.82 Å². The molecule has 5 heteroatoms. The van der Waals surface area contributed by atoms with Gasteiger partial charge >= 0.3 is 0 Å². The second-order valence-electron chi connectivity index (χ2n) is 4.43. The topological polar surface area (TPSA) is 47.0 Å². The SMILES string of the molecule is CCCOc1cc(NCc2ccccc2F)nc(C)n1. The van der Waals surface area contributed by atoms with Crippen molar-refractivity contribution in [2.45, 2.75) is 26.8 Å². The van der Waals surface area contributed by atoms with Crippen molar-refractivity contribution in [1.29, 1.82) is 0 Å². The molecule has 0 aliphatic heterocycles. The van der Waals surface area contributed by atoms with Gasteiger partial charge in [-0.05, 0) is 19.4 Å². The first-order chi connectivity index (χ1) is 9.69. The molecule has 0 aliphatic rings. The third-order valence-electron chi connectivity index (χ3n) is 2.69. The van der Waals surface area contributed by atoms with Crippen molar-refractivity contribution in [3.63, 3.8) is 0 Å². The number of halogens is 1. The minimum Gasteiger partial charge on any atom is -0.478 e. The summed E-state index contributed by atoms with van der Waals surface area (Å²) in [6.07, 6.45) is 0.918. The van der Waals surface area contributed by atoms with Gasteiger partial charge in [0.05, 0.1) is 6.61 Å². The minimum atomic E-state index is -0.228. The summed E-state index contributed by atoms with van der Waals surface area (Å²) in [6, 6.07) is 8.39. The molecule has 4 nitrogen and oxygen atoms in total. The highest BCUT2D eigenvalue weighted by Crippen LogP contribution is 2.15. The molecule has 2 aromatic rings. The van der Waals surface area contributed by atoms with Crippen LogP contribution in [-0.2, 0) is 6.54 Å². The van der Waals surface area contributed by atoms with Gasteiger partial charge in [-0.1, -0.05) is 25.1 Å². The Bertz CT molecular complexity index is 575. The largest absolute Gasteiger partial charge is 0.478 e. The molecule has 1 aromatic heterocycles. The van der Waals surface area contributed by atoms with Crippen LogP contribution in [0, 0.1) is 12.7 Å². The highest BCUT2D eigenvalue weighted by atomic mass is 19.1. The summed E-state index contributed by atoms with van der Waals surface area (Å²) in [7, 11) is 0. The maximum Gasteiger partial charge on any atom is 0.218 e. The van der Waals surface area contributed by atoms with Crippen molar-refractivity contribution < 1.29 is 9.13 Å². The zero-order valence-electron chi connectivity index (χ0n) is 11.7. The fourth-order valence-corrected chi connectivity index (χ4v) is 1.74. The van der Waals surface area contributed by atoms with Crippen LogP contribution >= 0.6 is 0 Å². The summed E-state index contributed by atoms with van der Waals surface area (Å²) in [5, 5.41) is 3.09. The zero-order chi connectivity index (χ0) is 14.4. The Hall–Kier alpha value is -2.17. The van der Waals surface area contributed by atoms with E-state index < -0.39 is 0 Å². The second kappa shape index (κ2) is 6.84. The first-order valence-corrected chi connectivity index (χ1v) is 6.65. The predicted octanol–water partition coefficient (Wildman–Crippen LogP) is 3.33. The van der Waals surface area contributed by atoms with Crippen LogP contribution in [0.5, 0.6) is 5.88 Å². The highest BCUT2D eigenvalue weighted by molar-refractivity contribution is 5.39. The average molecular weight is 275 g/mol. The lowest BCUT2D eigenvalue weighted by Gasteiger charge is -2.09. The van der Waals surface area contributed by atoms with Gasteiger partial charge in [0.15, 0.2) is 0 Å². The molecule has 0 saturated carbocycles. The number of nitrogens with zero attached hydrogens (tertiary/aromatic N) is 2. The molecule has 1 heterocycles. The molecule has 0 aliphatic carbocycles. The van der Waals surface area contributed by atoms with Gasteiger partial charge in [0.25, 0.3) is 0 Å². The molecule has 0 bridgehead atoms. The number of hydrogen-bond acceptors (Lipinski definition) is 4. The zero-order valence-corrected chi connectivity index (χ0v) is 11.7. The average Bonchev–Trinajstić information content (AvgIpc) is 2.44. The van der Waals surface area contributed by atoms with Gasteiger partial charge in [0, 0.05) is 18.2 Å². The van der Waals surface area contributed by atoms with E-state index in [1.807, 2.05) is 6.92 Å². The number of hydrogen-bond donors (Lipinski definition) is 1. The maximum absolute atomic E-state index is 13.5. The fraction of sp³-hybridized carbons (Fsp3) is 0.333. The summed E-state index contributed by atoms with van der Waals surface area (Å²) in [5.41, 5.74) is 0.597. The Morgan fingerprint density at radius 2 is 2.05 bits per heavy atom. The van der Waals surface area contributed by atoms with E-state index in [2.05, 4.69) is 15.3 Å². The normalized spacial score (nSPS) is 10.3. The molecule has 0 unspecified atom stereocenters. The van der Waals surface area contributed by atoms with E-state index in [0.29, 0.717) is 36.2 Å². The lowest BCUT2D eigenvalue weighted by Crippen LogP contribution is -2.06. The Kier molecular flexibility index (Phi) is 4.87. The van der Waals surface area contributed by atoms with Gasteiger partial charge in [0.2, 0.25) is 5.88 Å². The van der Waals surface area contributed by atoms with Crippen LogP contribution in [0.2, 0.25) is 0 Å². The van der Waals surface area contributed by atoms with Crippen molar-refractivity contribution in [2.75, 3.05) is 11.9 Å². The Balaban J connectivity index is 2.05. The van der Waals surface area contributed by atoms with Crippen LogP contribution in [-0.4, -0.2) is 16.6 Å². The minimum absolute atomic E-state index is 0.228. The summed E-state index contributed by atoms with van der Waals surface area (Å²) < 4.78 is 19.0. The van der Waals surface area contributed by atoms with E-state index in [1.54, 1.807) is 31.2 Å². The first kappa shape index (κ1) is 14.2. The lowest BCUT2D eigenvalue weighted by atomic mass is 10.2. The standard InChI is InChI=1S/C15H18FN3O/c1-3-8-20-15-9-14(18-11(2)19-15)17-10-12-6-4-5-7-13(12)16/h4-7,9H,3,8,10H2,1-2H3,(H,17,18,19). The van der Waals surface area contributed by atoms with Crippen LogP contribution in [0.4, 0.5) is 10.2 Å². The number of ether oxygens (including phenoxy) is 1. The number of aromatic nitrogens is 2. The van der Waals surface area contributed by atoms with Gasteiger partial charge in [-0.2, -0.15) is 4.98 Å². The van der Waals surface area contributed by atoms with Crippen LogP contribution in [0.1, 0.15) is 24.7 Å². The number of anilines is 1. The molecular weight excluding hydrogens is 257 g/mol. The molecule has 0 spiro atoms. The number of rotatable bonds is 6. The molecular formula is C15H18FN3O. The van der Waals surface area contributed by atoms with Crippen LogP contribution in [0.25, 0.3) is 0 Å². The molecule has 106 valence electrons. The summed E-state index contributed by atoms with van der Waals surface area (Å²) >= 11 is 0. The first-order valence-electron chi connectivity index (χ1n) is 6.65. The molecule has 1 N–H and O–H groups in total. The highest BCUT2D eigenvalue weighted by Gasteiger charge is 2.04. The number of aryl methyl sites for hydroxylation is 1. The van der Waals surface area contributed by atoms with Crippen LogP contribution < -0.4 is 10.1 Å². The Labute approximate surface area is 118 Å². The maximum atomic E-state index is 13.5. The second-order valence-corrected chi connectivity index (χ2v) is 4.43. The van der Waals surface area contributed by atoms with E-state index in [4.69, 9.17) is 4.74 Å². The van der Waals surface area contributed by atoms with Crippen molar-refractivity contribution in [3.8, 4) is 5.88 Å². The quantitative estimate of drug-likeness (QED) is 0.878. The van der Waals surface area contributed by atoms with Crippen LogP contribution in [0.3, 0.4) is 0 Å². The van der Waals surface area contributed by atoms with Gasteiger partial charge in [0.1, 0.15) is 17.5 Å². The van der Waals surface area contributed by atoms with E-state index in [0.717, 1.165) is 6.42 Å². The van der Waals surface area contributed by atoms with E-state index in [-0.39, 0.29) is 5.82 Å². The summed E-state index contributed by atoms with van der Waals surface area (Å²) in [5.74, 6) is 1.56. The van der Waals surface area contributed by atoms with Crippen LogP contribution in [0.15, 0.2) is 30.3 Å². The van der Waals surface area contributed by atoms with Crippen molar-refractivity contribution in [2.24, 2.45) is 0 Å². The molecule has 1 aromatic carbocycles. The third kappa shape index (κ3) is 3.91. The molecule has 20 heavy (non-hydrogen) atoms. The van der Waals surface area contributed by atoms with Gasteiger partial charge < -0.3 is 10.1 Å². The molecule has 0 fully saturated rings. The number of benzene rings is 1. The van der Waals surface area contributed by atoms with Gasteiger partial charge in [-0.3, -0.25) is 0 Å². The fourth-order valence-electron chi connectivity index (χ4n) is 1.74. The lowest BCUT2D eigenvalue weighted by molar-refractivity contribution is 0.304. The Morgan fingerprint density at radius 1 is 1.25 bits per heavy atom. The monoisotopic (exact) mass is 275 g/mol. The molecule has 0 radical (unpaired) electrons. The molecule has 0 saturated heterocycles. The number of nitrogens with one attached hydrogen (secondary N) is 1. The van der Waals surface area contributed by atoms with Gasteiger partial charge in [-0.15, -0.1) is 0 Å². The molecule has 0 amide bonds. The van der Waals surface area contributed by atoms with E-state index in [9.17, 15) is 4.39 Å².